The minimum absolute atomic E-state index is 0. The van der Waals surface area contributed by atoms with Gasteiger partial charge in [0.25, 0.3) is 0 Å². The zero-order valence-corrected chi connectivity index (χ0v) is 13.4. The molecule has 14 heavy (non-hydrogen) atoms. The van der Waals surface area contributed by atoms with Crippen molar-refractivity contribution in [3.8, 4) is 0 Å². The van der Waals surface area contributed by atoms with Gasteiger partial charge in [0.2, 0.25) is 0 Å². The predicted molar refractivity (Wildman–Crippen MR) is 40.2 cm³/mol. The molecular formula is C6H4Na2O4S2. The van der Waals surface area contributed by atoms with E-state index in [9.17, 15) is 18.7 Å². The second-order valence-corrected chi connectivity index (χ2v) is 4.34. The minimum atomic E-state index is -2.27. The standard InChI is InChI=1S/C6H6O4S2.2Na/c7-5(8)3-4-1-2-6(11-4)12(9)10;;/h1-2H,3H2,(H,7,8)(H,9,10);;/q;2*+1/p-2. The van der Waals surface area contributed by atoms with Gasteiger partial charge >= 0.3 is 59.1 Å². The smallest absolute Gasteiger partial charge is 0.768 e. The van der Waals surface area contributed by atoms with E-state index in [0.29, 0.717) is 4.88 Å². The summed E-state index contributed by atoms with van der Waals surface area (Å²) in [4.78, 5) is 10.6. The van der Waals surface area contributed by atoms with Crippen LogP contribution in [0.15, 0.2) is 16.3 Å². The fourth-order valence-electron chi connectivity index (χ4n) is 0.685. The Bertz CT molecular complexity index is 325. The van der Waals surface area contributed by atoms with Gasteiger partial charge in [-0.15, -0.1) is 11.3 Å². The molecule has 0 bridgehead atoms. The summed E-state index contributed by atoms with van der Waals surface area (Å²) in [6, 6.07) is 2.83. The fourth-order valence-corrected chi connectivity index (χ4v) is 2.18. The molecule has 1 heterocycles. The number of carboxylic acids is 1. The Labute approximate surface area is 132 Å². The third-order valence-corrected chi connectivity index (χ3v) is 3.12. The predicted octanol–water partition coefficient (Wildman–Crippen LogP) is -6.71. The Balaban J connectivity index is 0. The van der Waals surface area contributed by atoms with E-state index in [4.69, 9.17) is 0 Å². The first-order chi connectivity index (χ1) is 5.59. The van der Waals surface area contributed by atoms with E-state index in [1.54, 1.807) is 0 Å². The second kappa shape index (κ2) is 8.43. The molecule has 1 aromatic rings. The Kier molecular flexibility index (Phi) is 10.6. The van der Waals surface area contributed by atoms with Crippen LogP contribution in [0.1, 0.15) is 4.88 Å². The van der Waals surface area contributed by atoms with E-state index in [1.165, 1.54) is 12.1 Å². The van der Waals surface area contributed by atoms with E-state index in [0.717, 1.165) is 11.3 Å². The molecular weight excluding hydrogens is 246 g/mol. The van der Waals surface area contributed by atoms with Crippen molar-refractivity contribution in [2.24, 2.45) is 0 Å². The van der Waals surface area contributed by atoms with Gasteiger partial charge in [-0.05, 0) is 23.2 Å². The van der Waals surface area contributed by atoms with E-state index < -0.39 is 17.0 Å². The van der Waals surface area contributed by atoms with Crippen LogP contribution in [0.25, 0.3) is 0 Å². The zero-order valence-electron chi connectivity index (χ0n) is 7.81. The van der Waals surface area contributed by atoms with Crippen LogP contribution in [0.3, 0.4) is 0 Å². The van der Waals surface area contributed by atoms with Crippen LogP contribution in [0.4, 0.5) is 0 Å². The summed E-state index contributed by atoms with van der Waals surface area (Å²) in [7, 11) is 0. The first-order valence-corrected chi connectivity index (χ1v) is 4.86. The van der Waals surface area contributed by atoms with Gasteiger partial charge in [-0.1, -0.05) is 0 Å². The Morgan fingerprint density at radius 2 is 2.00 bits per heavy atom. The number of carbonyl (C=O) groups excluding carboxylic acids is 1. The van der Waals surface area contributed by atoms with Crippen molar-refractivity contribution >= 4 is 28.4 Å². The normalized spacial score (nSPS) is 10.9. The minimum Gasteiger partial charge on any atom is -0.768 e. The molecule has 0 spiro atoms. The van der Waals surface area contributed by atoms with Crippen molar-refractivity contribution in [1.82, 2.24) is 0 Å². The summed E-state index contributed by atoms with van der Waals surface area (Å²) >= 11 is -1.33. The summed E-state index contributed by atoms with van der Waals surface area (Å²) in [5, 5.41) is 10.1. The maximum absolute atomic E-state index is 10.3. The van der Waals surface area contributed by atoms with E-state index in [-0.39, 0.29) is 69.7 Å². The average Bonchev–Trinajstić information content (AvgIpc) is 2.34. The van der Waals surface area contributed by atoms with Crippen molar-refractivity contribution in [2.75, 3.05) is 0 Å². The van der Waals surface area contributed by atoms with E-state index in [2.05, 4.69) is 0 Å². The Morgan fingerprint density at radius 3 is 2.36 bits per heavy atom. The molecule has 0 radical (unpaired) electrons. The Morgan fingerprint density at radius 1 is 1.43 bits per heavy atom. The van der Waals surface area contributed by atoms with Crippen LogP contribution in [0.2, 0.25) is 0 Å². The molecule has 4 nitrogen and oxygen atoms in total. The van der Waals surface area contributed by atoms with Gasteiger partial charge in [-0.3, -0.25) is 4.21 Å². The summed E-state index contributed by atoms with van der Waals surface area (Å²) in [6.07, 6.45) is -0.234. The van der Waals surface area contributed by atoms with Gasteiger partial charge in [-0.2, -0.15) is 0 Å². The number of hydrogen-bond acceptors (Lipinski definition) is 5. The van der Waals surface area contributed by atoms with Gasteiger partial charge < -0.3 is 14.5 Å². The number of carboxylic acid groups (broad SMARTS) is 1. The first kappa shape index (κ1) is 17.7. The molecule has 0 saturated carbocycles. The van der Waals surface area contributed by atoms with Gasteiger partial charge in [-0.25, -0.2) is 0 Å². The van der Waals surface area contributed by atoms with Crippen molar-refractivity contribution in [2.45, 2.75) is 10.6 Å². The molecule has 0 fully saturated rings. The third-order valence-electron chi connectivity index (χ3n) is 1.12. The van der Waals surface area contributed by atoms with Crippen LogP contribution in [-0.2, 0) is 22.3 Å². The maximum Gasteiger partial charge on any atom is 1.00 e. The third kappa shape index (κ3) is 5.99. The Hall–Kier alpha value is 1.28. The topological polar surface area (TPSA) is 80.3 Å². The molecule has 0 aromatic carbocycles. The summed E-state index contributed by atoms with van der Waals surface area (Å²) in [5.74, 6) is -1.21. The molecule has 1 aromatic heterocycles. The number of hydrogen-bond donors (Lipinski definition) is 0. The van der Waals surface area contributed by atoms with Crippen LogP contribution in [-0.4, -0.2) is 14.7 Å². The quantitative estimate of drug-likeness (QED) is 0.394. The van der Waals surface area contributed by atoms with Crippen LogP contribution >= 0.6 is 11.3 Å². The van der Waals surface area contributed by atoms with Crippen molar-refractivity contribution < 1.29 is 77.8 Å². The molecule has 0 aliphatic heterocycles. The monoisotopic (exact) mass is 250 g/mol. The van der Waals surface area contributed by atoms with Crippen molar-refractivity contribution in [1.29, 1.82) is 0 Å². The second-order valence-electron chi connectivity index (χ2n) is 2.00. The first-order valence-electron chi connectivity index (χ1n) is 2.97. The van der Waals surface area contributed by atoms with E-state index >= 15 is 0 Å². The van der Waals surface area contributed by atoms with Gasteiger partial charge in [0, 0.05) is 17.3 Å². The van der Waals surface area contributed by atoms with Crippen LogP contribution in [0, 0.1) is 0 Å². The van der Waals surface area contributed by atoms with Gasteiger partial charge in [0.05, 0.1) is 4.21 Å². The maximum atomic E-state index is 10.3. The molecule has 1 atom stereocenters. The molecule has 1 unspecified atom stereocenters. The molecule has 0 N–H and O–H groups in total. The zero-order chi connectivity index (χ0) is 9.14. The molecule has 0 aliphatic carbocycles. The molecule has 1 rings (SSSR count). The number of aliphatic carboxylic acids is 1. The SMILES string of the molecule is O=C([O-])Cc1ccc(S(=O)[O-])s1.[Na+].[Na+]. The van der Waals surface area contributed by atoms with Crippen molar-refractivity contribution in [3.63, 3.8) is 0 Å². The van der Waals surface area contributed by atoms with Crippen LogP contribution in [0.5, 0.6) is 0 Å². The number of carbonyl (C=O) groups is 1. The summed E-state index contributed by atoms with van der Waals surface area (Å²) < 4.78 is 20.8. The average molecular weight is 250 g/mol. The van der Waals surface area contributed by atoms with E-state index in [1.807, 2.05) is 0 Å². The summed E-state index contributed by atoms with van der Waals surface area (Å²) in [6.45, 7) is 0. The van der Waals surface area contributed by atoms with Gasteiger partial charge in [0.1, 0.15) is 0 Å². The molecule has 66 valence electrons. The number of thiophene rings is 1. The van der Waals surface area contributed by atoms with Gasteiger partial charge in [0.15, 0.2) is 0 Å². The molecule has 0 amide bonds. The van der Waals surface area contributed by atoms with Crippen LogP contribution < -0.4 is 64.2 Å². The summed E-state index contributed by atoms with van der Waals surface area (Å²) in [5.41, 5.74) is 0. The molecule has 8 heteroatoms. The molecule has 0 aliphatic rings. The van der Waals surface area contributed by atoms with Crippen molar-refractivity contribution in [3.05, 3.63) is 17.0 Å². The fraction of sp³-hybridized carbons (Fsp3) is 0.167. The number of rotatable bonds is 3. The largest absolute Gasteiger partial charge is 1.00 e. The molecule has 0 saturated heterocycles.